The van der Waals surface area contributed by atoms with E-state index in [-0.39, 0.29) is 0 Å². The van der Waals surface area contributed by atoms with Gasteiger partial charge in [0, 0.05) is 22.7 Å². The number of hydrogen-bond donors (Lipinski definition) is 0. The average molecular weight is 1200 g/mol. The van der Waals surface area contributed by atoms with Crippen molar-refractivity contribution in [3.8, 4) is 0 Å². The summed E-state index contributed by atoms with van der Waals surface area (Å²) in [7, 11) is -24.8. The van der Waals surface area contributed by atoms with Crippen LogP contribution >= 0.6 is 0 Å². The van der Waals surface area contributed by atoms with Crippen molar-refractivity contribution < 1.29 is 32.9 Å². The van der Waals surface area contributed by atoms with Crippen molar-refractivity contribution in [3.63, 3.8) is 0 Å². The molecule has 6 aliphatic heterocycles. The fourth-order valence-corrected chi connectivity index (χ4v) is 87.3. The molecule has 0 spiro atoms. The Balaban J connectivity index is 1.85. The molecule has 8 nitrogen and oxygen atoms in total. The van der Waals surface area contributed by atoms with Crippen LogP contribution in [0.2, 0.25) is 71.0 Å². The van der Waals surface area contributed by atoms with Gasteiger partial charge in [0.2, 0.25) is 0 Å². The second-order valence-corrected chi connectivity index (χ2v) is 56.9. The molecule has 448 valence electrons. The van der Waals surface area contributed by atoms with Gasteiger partial charge < -0.3 is 32.9 Å². The maximum Gasteiger partial charge on any atom is 0.322 e. The molecule has 8 bridgehead atoms. The van der Waals surface area contributed by atoms with Crippen LogP contribution in [0.5, 0.6) is 0 Å². The molecular formula is C60H128O8Si8. The third-order valence-corrected chi connectivity index (χ3v) is 68.4. The van der Waals surface area contributed by atoms with Crippen LogP contribution in [0.1, 0.15) is 312 Å². The predicted octanol–water partition coefficient (Wildman–Crippen LogP) is 21.6. The van der Waals surface area contributed by atoms with Crippen molar-refractivity contribution in [3.05, 3.63) is 0 Å². The van der Waals surface area contributed by atoms with E-state index in [2.05, 4.69) is 55.4 Å². The summed E-state index contributed by atoms with van der Waals surface area (Å²) in [4.78, 5) is 0. The minimum Gasteiger partial charge on any atom is -0.415 e. The zero-order valence-electron chi connectivity index (χ0n) is 52.0. The highest BCUT2D eigenvalue weighted by molar-refractivity contribution is 7.13. The van der Waals surface area contributed by atoms with Gasteiger partial charge in [0.05, 0.1) is 0 Å². The van der Waals surface area contributed by atoms with Crippen LogP contribution in [0.3, 0.4) is 0 Å². The van der Waals surface area contributed by atoms with Crippen molar-refractivity contribution in [1.82, 2.24) is 0 Å². The fraction of sp³-hybridized carbons (Fsp3) is 1.00. The molecule has 0 aromatic carbocycles. The van der Waals surface area contributed by atoms with Crippen molar-refractivity contribution in [2.45, 2.75) is 383 Å². The Hall–Kier alpha value is 1.42. The minimum atomic E-state index is -3.10. The van der Waals surface area contributed by atoms with Crippen LogP contribution in [0.25, 0.3) is 0 Å². The van der Waals surface area contributed by atoms with Crippen LogP contribution < -0.4 is 0 Å². The van der Waals surface area contributed by atoms with E-state index in [1.54, 1.807) is 0 Å². The van der Waals surface area contributed by atoms with Crippen LogP contribution in [0.4, 0.5) is 0 Å². The average Bonchev–Trinajstić information content (AvgIpc) is 3.37. The van der Waals surface area contributed by atoms with E-state index in [1.807, 2.05) is 0 Å². The molecule has 0 atom stereocenters. The lowest BCUT2D eigenvalue weighted by Gasteiger charge is -2.66. The molecule has 0 aromatic rings. The second-order valence-electron chi connectivity index (χ2n) is 26.1. The second kappa shape index (κ2) is 36.3. The smallest absolute Gasteiger partial charge is 0.322 e. The van der Waals surface area contributed by atoms with E-state index in [4.69, 9.17) is 32.9 Å². The molecule has 6 fully saturated rings. The Bertz CT molecular complexity index is 1120. The van der Waals surface area contributed by atoms with E-state index in [9.17, 15) is 0 Å². The van der Waals surface area contributed by atoms with Gasteiger partial charge in [-0.2, -0.15) is 0 Å². The number of hydrogen-bond acceptors (Lipinski definition) is 8. The van der Waals surface area contributed by atoms with Gasteiger partial charge in [0.25, 0.3) is 0 Å². The topological polar surface area (TPSA) is 73.8 Å². The molecule has 16 heteroatoms. The standard InChI is InChI=1S/C60H128O8Si8/c1-9-17-25-33-41-49-69-57-70(50-42-34-26-18-10-2)62-73(53-45-37-29-21-13-5)58-71(61-69,51-43-35-27-19-11-3)67-74(54-46-38-30-22-14-6)59-72(65-69,52-44-36-28-20-12-4)63-75(66-70,55-47-39-31-23-15-7)60-76(64-74,68-73)56-48-40-32-24-16-8/h9-60H2,1-8H3. The fourth-order valence-electron chi connectivity index (χ4n) is 14.6. The number of unbranched alkanes of at least 4 members (excludes halogenated alkanes) is 32. The normalized spacial score (nSPS) is 31.9. The maximum atomic E-state index is 8.88. The van der Waals surface area contributed by atoms with E-state index in [1.165, 1.54) is 257 Å². The largest absolute Gasteiger partial charge is 0.415 e. The quantitative estimate of drug-likeness (QED) is 0.0441. The van der Waals surface area contributed by atoms with Crippen LogP contribution in [0, 0.1) is 0 Å². The Kier molecular flexibility index (Phi) is 32.6. The Morgan fingerprint density at radius 3 is 0.368 bits per heavy atom. The van der Waals surface area contributed by atoms with Gasteiger partial charge in [-0.1, -0.05) is 312 Å². The van der Waals surface area contributed by atoms with E-state index in [0.717, 1.165) is 71.0 Å². The first-order valence-electron chi connectivity index (χ1n) is 34.6. The minimum absolute atomic E-state index is 0.944. The molecule has 76 heavy (non-hydrogen) atoms. The predicted molar refractivity (Wildman–Crippen MR) is 342 cm³/mol. The molecule has 6 rings (SSSR count). The zero-order valence-corrected chi connectivity index (χ0v) is 60.0. The van der Waals surface area contributed by atoms with Crippen molar-refractivity contribution in [2.24, 2.45) is 0 Å². The van der Waals surface area contributed by atoms with Gasteiger partial charge in [-0.3, -0.25) is 0 Å². The van der Waals surface area contributed by atoms with E-state index < -0.39 is 68.5 Å². The summed E-state index contributed by atoms with van der Waals surface area (Å²) in [5.74, 6) is 0. The summed E-state index contributed by atoms with van der Waals surface area (Å²) in [6.45, 7) is 18.9. The Morgan fingerprint density at radius 1 is 0.158 bits per heavy atom. The van der Waals surface area contributed by atoms with E-state index >= 15 is 0 Å². The zero-order chi connectivity index (χ0) is 54.4. The van der Waals surface area contributed by atoms with Crippen molar-refractivity contribution >= 4 is 68.5 Å². The summed E-state index contributed by atoms with van der Waals surface area (Å²) in [5.41, 5.74) is 3.78. The molecule has 0 aromatic heterocycles. The number of rotatable bonds is 48. The van der Waals surface area contributed by atoms with Gasteiger partial charge in [-0.15, -0.1) is 0 Å². The summed E-state index contributed by atoms with van der Waals surface area (Å²) >= 11 is 0. The molecule has 0 aliphatic carbocycles. The monoisotopic (exact) mass is 1200 g/mol. The lowest BCUT2D eigenvalue weighted by Crippen LogP contribution is -2.84. The van der Waals surface area contributed by atoms with Crippen molar-refractivity contribution in [2.75, 3.05) is 0 Å². The van der Waals surface area contributed by atoms with Crippen LogP contribution in [-0.2, 0) is 32.9 Å². The molecule has 0 amide bonds. The van der Waals surface area contributed by atoms with Crippen LogP contribution in [-0.4, -0.2) is 68.5 Å². The molecule has 0 unspecified atom stereocenters. The van der Waals surface area contributed by atoms with Gasteiger partial charge in [-0.05, 0) is 48.4 Å². The lowest BCUT2D eigenvalue weighted by molar-refractivity contribution is 0.161. The SMILES string of the molecule is CCCCCCC[Si]12C[Si]3(CCCCCCC)O[Si]4(CCCCCCC)C[Si]5(CCCCCCC)O[Si](CCCCCCC)(C[Si](CCCCCCC)(O1)O4)O[Si](CCCCCCC)(C[Si](CCCCCCC)(O3)O5)O2. The first-order chi connectivity index (χ1) is 37.0. The summed E-state index contributed by atoms with van der Waals surface area (Å²) in [5, 5.41) is 0. The Labute approximate surface area is 481 Å². The maximum absolute atomic E-state index is 8.88. The molecule has 0 N–H and O–H groups in total. The van der Waals surface area contributed by atoms with E-state index in [0.29, 0.717) is 0 Å². The highest BCUT2D eigenvalue weighted by Crippen LogP contribution is 2.59. The third kappa shape index (κ3) is 22.1. The molecule has 6 aliphatic rings. The first-order valence-corrected chi connectivity index (χ1v) is 52.4. The van der Waals surface area contributed by atoms with Crippen LogP contribution in [0.15, 0.2) is 0 Å². The van der Waals surface area contributed by atoms with Crippen molar-refractivity contribution in [1.29, 1.82) is 0 Å². The first kappa shape index (κ1) is 68.2. The summed E-state index contributed by atoms with van der Waals surface area (Å²) in [6, 6.07) is 8.42. The Morgan fingerprint density at radius 2 is 0.263 bits per heavy atom. The highest BCUT2D eigenvalue weighted by Gasteiger charge is 2.78. The summed E-state index contributed by atoms with van der Waals surface area (Å²) < 4.78 is 70.9. The van der Waals surface area contributed by atoms with Gasteiger partial charge in [-0.25, -0.2) is 0 Å². The lowest BCUT2D eigenvalue weighted by atomic mass is 10.2. The molecular weight excluding hydrogens is 1070 g/mol. The molecule has 0 saturated carbocycles. The molecule has 6 saturated heterocycles. The highest BCUT2D eigenvalue weighted by atomic mass is 28.6. The van der Waals surface area contributed by atoms with Gasteiger partial charge in [0.1, 0.15) is 0 Å². The van der Waals surface area contributed by atoms with Gasteiger partial charge >= 0.3 is 68.5 Å². The summed E-state index contributed by atoms with van der Waals surface area (Å²) in [6.07, 6.45) is 50.4. The molecule has 0 radical (unpaired) electrons. The van der Waals surface area contributed by atoms with Gasteiger partial charge in [0.15, 0.2) is 0 Å². The third-order valence-electron chi connectivity index (χ3n) is 18.4. The molecule has 6 heterocycles.